The van der Waals surface area contributed by atoms with Crippen LogP contribution >= 0.6 is 11.8 Å². The molecule has 1 fully saturated rings. The van der Waals surface area contributed by atoms with Gasteiger partial charge in [0.05, 0.1) is 10.6 Å². The number of carbonyl (C=O) groups is 1. The van der Waals surface area contributed by atoms with Crippen LogP contribution in [-0.4, -0.2) is 23.7 Å². The number of amides is 1. The molecule has 156 valence electrons. The van der Waals surface area contributed by atoms with Crippen LogP contribution in [0.4, 0.5) is 11.4 Å². The van der Waals surface area contributed by atoms with Gasteiger partial charge in [0.2, 0.25) is 0 Å². The summed E-state index contributed by atoms with van der Waals surface area (Å²) in [6, 6.07) is 14.6. The van der Waals surface area contributed by atoms with Gasteiger partial charge in [-0.25, -0.2) is 4.99 Å². The highest BCUT2D eigenvalue weighted by Crippen LogP contribution is 2.43. The van der Waals surface area contributed by atoms with Crippen LogP contribution in [0.3, 0.4) is 0 Å². The van der Waals surface area contributed by atoms with Crippen LogP contribution in [0, 0.1) is 0 Å². The quantitative estimate of drug-likeness (QED) is 0.634. The highest BCUT2D eigenvalue weighted by molar-refractivity contribution is 8.18. The van der Waals surface area contributed by atoms with E-state index in [0.717, 1.165) is 24.1 Å². The lowest BCUT2D eigenvalue weighted by Gasteiger charge is -2.45. The first kappa shape index (κ1) is 20.7. The highest BCUT2D eigenvalue weighted by Gasteiger charge is 2.34. The summed E-state index contributed by atoms with van der Waals surface area (Å²) in [6.07, 6.45) is 4.08. The standard InChI is InChI=1S/C25H29N3OS/c1-6-17-7-10-19(11-8-17)26-24-27-23(29)22(30-24)14-18-9-12-21-20(13-18)16(2)15-25(3,4)28(21)5/h7-14,16H,6,15H2,1-5H3,(H,26,27,29)/b22-14-/t16-/m1/s1. The van der Waals surface area contributed by atoms with E-state index < -0.39 is 0 Å². The van der Waals surface area contributed by atoms with Gasteiger partial charge in [-0.05, 0) is 91.4 Å². The fourth-order valence-corrected chi connectivity index (χ4v) is 5.08. The topological polar surface area (TPSA) is 44.7 Å². The van der Waals surface area contributed by atoms with Crippen LogP contribution in [0.5, 0.6) is 0 Å². The number of nitrogens with one attached hydrogen (secondary N) is 1. The van der Waals surface area contributed by atoms with Crippen molar-refractivity contribution in [3.63, 3.8) is 0 Å². The summed E-state index contributed by atoms with van der Waals surface area (Å²) in [7, 11) is 2.17. The Bertz CT molecular complexity index is 1040. The van der Waals surface area contributed by atoms with E-state index in [9.17, 15) is 4.79 Å². The Morgan fingerprint density at radius 3 is 2.67 bits per heavy atom. The number of anilines is 1. The molecular formula is C25H29N3OS. The summed E-state index contributed by atoms with van der Waals surface area (Å²) < 4.78 is 0. The molecule has 1 atom stereocenters. The van der Waals surface area contributed by atoms with Gasteiger partial charge < -0.3 is 10.2 Å². The number of aliphatic imine (C=N–C) groups is 1. The summed E-state index contributed by atoms with van der Waals surface area (Å²) in [4.78, 5) is 20.1. The SMILES string of the molecule is CCc1ccc(N=C2NC(=O)/C(=C/c3ccc4c(c3)[C@H](C)CC(C)(C)N4C)S2)cc1. The van der Waals surface area contributed by atoms with Gasteiger partial charge >= 0.3 is 0 Å². The molecule has 4 rings (SSSR count). The van der Waals surface area contributed by atoms with Gasteiger partial charge in [-0.3, -0.25) is 4.79 Å². The van der Waals surface area contributed by atoms with Gasteiger partial charge in [0.15, 0.2) is 5.17 Å². The van der Waals surface area contributed by atoms with E-state index in [2.05, 4.69) is 80.3 Å². The first-order valence-electron chi connectivity index (χ1n) is 10.5. The van der Waals surface area contributed by atoms with Crippen LogP contribution in [0.25, 0.3) is 6.08 Å². The number of nitrogens with zero attached hydrogens (tertiary/aromatic N) is 2. The molecule has 0 aliphatic carbocycles. The first-order chi connectivity index (χ1) is 14.3. The Hall–Kier alpha value is -2.53. The number of benzene rings is 2. The number of amidine groups is 1. The summed E-state index contributed by atoms with van der Waals surface area (Å²) >= 11 is 1.40. The Balaban J connectivity index is 1.57. The molecule has 2 heterocycles. The lowest BCUT2D eigenvalue weighted by atomic mass is 9.80. The van der Waals surface area contributed by atoms with Gasteiger partial charge in [-0.1, -0.05) is 32.0 Å². The average Bonchev–Trinajstić information content (AvgIpc) is 3.05. The lowest BCUT2D eigenvalue weighted by molar-refractivity contribution is -0.115. The van der Waals surface area contributed by atoms with Crippen molar-refractivity contribution in [1.82, 2.24) is 5.32 Å². The molecule has 1 saturated heterocycles. The van der Waals surface area contributed by atoms with Crippen molar-refractivity contribution < 1.29 is 4.79 Å². The molecule has 4 nitrogen and oxygen atoms in total. The summed E-state index contributed by atoms with van der Waals surface area (Å²) in [5.41, 5.74) is 5.96. The number of fused-ring (bicyclic) bond motifs is 1. The van der Waals surface area contributed by atoms with Crippen LogP contribution in [0.15, 0.2) is 52.4 Å². The van der Waals surface area contributed by atoms with Crippen molar-refractivity contribution in [2.24, 2.45) is 4.99 Å². The molecule has 1 N–H and O–H groups in total. The van der Waals surface area contributed by atoms with Crippen molar-refractivity contribution in [3.8, 4) is 0 Å². The van der Waals surface area contributed by atoms with Crippen LogP contribution in [-0.2, 0) is 11.2 Å². The fraction of sp³-hybridized carbons (Fsp3) is 0.360. The molecular weight excluding hydrogens is 390 g/mol. The Labute approximate surface area is 183 Å². The third-order valence-corrected chi connectivity index (χ3v) is 7.09. The summed E-state index contributed by atoms with van der Waals surface area (Å²) in [5.74, 6) is 0.394. The fourth-order valence-electron chi connectivity index (χ4n) is 4.24. The predicted molar refractivity (Wildman–Crippen MR) is 129 cm³/mol. The smallest absolute Gasteiger partial charge is 0.264 e. The van der Waals surface area contributed by atoms with Crippen molar-refractivity contribution in [2.45, 2.75) is 52.0 Å². The van der Waals surface area contributed by atoms with Gasteiger partial charge in [0.25, 0.3) is 5.91 Å². The molecule has 0 saturated carbocycles. The van der Waals surface area contributed by atoms with Crippen LogP contribution in [0.1, 0.15) is 56.7 Å². The highest BCUT2D eigenvalue weighted by atomic mass is 32.2. The zero-order valence-corrected chi connectivity index (χ0v) is 19.1. The third-order valence-electron chi connectivity index (χ3n) is 6.18. The number of hydrogen-bond acceptors (Lipinski definition) is 4. The number of hydrogen-bond donors (Lipinski definition) is 1. The molecule has 0 bridgehead atoms. The Morgan fingerprint density at radius 1 is 1.23 bits per heavy atom. The Morgan fingerprint density at radius 2 is 1.97 bits per heavy atom. The molecule has 2 aliphatic rings. The van der Waals surface area contributed by atoms with E-state index in [0.29, 0.717) is 16.0 Å². The molecule has 2 aromatic rings. The molecule has 0 aromatic heterocycles. The minimum Gasteiger partial charge on any atom is -0.369 e. The van der Waals surface area contributed by atoms with E-state index in [1.165, 1.54) is 28.6 Å². The average molecular weight is 420 g/mol. The minimum atomic E-state index is -0.0899. The van der Waals surface area contributed by atoms with Gasteiger partial charge in [-0.15, -0.1) is 0 Å². The minimum absolute atomic E-state index is 0.0899. The normalized spacial score (nSPS) is 23.0. The maximum Gasteiger partial charge on any atom is 0.264 e. The molecule has 0 unspecified atom stereocenters. The molecule has 0 radical (unpaired) electrons. The second-order valence-corrected chi connectivity index (χ2v) is 9.83. The molecule has 2 aliphatic heterocycles. The molecule has 1 amide bonds. The Kier molecular flexibility index (Phi) is 5.49. The van der Waals surface area contributed by atoms with Gasteiger partial charge in [0, 0.05) is 18.3 Å². The van der Waals surface area contributed by atoms with E-state index in [1.54, 1.807) is 0 Å². The zero-order chi connectivity index (χ0) is 21.5. The first-order valence-corrected chi connectivity index (χ1v) is 11.3. The van der Waals surface area contributed by atoms with E-state index in [-0.39, 0.29) is 11.4 Å². The number of carbonyl (C=O) groups excluding carboxylic acids is 1. The molecule has 5 heteroatoms. The van der Waals surface area contributed by atoms with E-state index >= 15 is 0 Å². The van der Waals surface area contributed by atoms with Crippen molar-refractivity contribution >= 4 is 40.3 Å². The second kappa shape index (κ2) is 7.95. The van der Waals surface area contributed by atoms with Crippen LogP contribution in [0.2, 0.25) is 0 Å². The monoisotopic (exact) mass is 419 g/mol. The molecule has 0 spiro atoms. The van der Waals surface area contributed by atoms with E-state index in [4.69, 9.17) is 0 Å². The molecule has 2 aromatic carbocycles. The summed E-state index contributed by atoms with van der Waals surface area (Å²) in [5, 5.41) is 3.52. The van der Waals surface area contributed by atoms with Crippen molar-refractivity contribution in [3.05, 3.63) is 64.1 Å². The maximum absolute atomic E-state index is 12.5. The van der Waals surface area contributed by atoms with Gasteiger partial charge in [-0.2, -0.15) is 0 Å². The number of aryl methyl sites for hydroxylation is 1. The largest absolute Gasteiger partial charge is 0.369 e. The number of rotatable bonds is 3. The molecule has 30 heavy (non-hydrogen) atoms. The van der Waals surface area contributed by atoms with Crippen molar-refractivity contribution in [1.29, 1.82) is 0 Å². The van der Waals surface area contributed by atoms with Gasteiger partial charge in [0.1, 0.15) is 0 Å². The third kappa shape index (κ3) is 4.04. The van der Waals surface area contributed by atoms with E-state index in [1.807, 2.05) is 18.2 Å². The predicted octanol–water partition coefficient (Wildman–Crippen LogP) is 5.86. The summed E-state index contributed by atoms with van der Waals surface area (Å²) in [6.45, 7) is 9.00. The second-order valence-electron chi connectivity index (χ2n) is 8.80. The zero-order valence-electron chi connectivity index (χ0n) is 18.3. The van der Waals surface area contributed by atoms with Crippen molar-refractivity contribution in [2.75, 3.05) is 11.9 Å². The lowest BCUT2D eigenvalue weighted by Crippen LogP contribution is -2.45. The number of thioether (sulfide) groups is 1. The van der Waals surface area contributed by atoms with Crippen LogP contribution < -0.4 is 10.2 Å². The maximum atomic E-state index is 12.5.